The van der Waals surface area contributed by atoms with Crippen LogP contribution < -0.4 is 5.32 Å². The Morgan fingerprint density at radius 2 is 2.15 bits per heavy atom. The lowest BCUT2D eigenvalue weighted by atomic mass is 10.0. The van der Waals surface area contributed by atoms with E-state index in [9.17, 15) is 10.1 Å². The van der Waals surface area contributed by atoms with Crippen molar-refractivity contribution in [1.82, 2.24) is 9.78 Å². The first-order chi connectivity index (χ1) is 9.63. The van der Waals surface area contributed by atoms with Gasteiger partial charge in [0.05, 0.1) is 4.92 Å². The van der Waals surface area contributed by atoms with Crippen LogP contribution in [0.15, 0.2) is 0 Å². The predicted molar refractivity (Wildman–Crippen MR) is 78.9 cm³/mol. The predicted octanol–water partition coefficient (Wildman–Crippen LogP) is 3.27. The highest BCUT2D eigenvalue weighted by atomic mass is 16.6. The van der Waals surface area contributed by atoms with Crippen molar-refractivity contribution in [3.05, 3.63) is 15.8 Å². The molecule has 0 bridgehead atoms. The number of aromatic nitrogens is 2. The molecule has 0 aromatic carbocycles. The van der Waals surface area contributed by atoms with E-state index in [0.29, 0.717) is 17.9 Å². The van der Waals surface area contributed by atoms with E-state index in [0.717, 1.165) is 18.9 Å². The number of hydrogen-bond donors (Lipinski definition) is 1. The Bertz CT molecular complexity index is 464. The van der Waals surface area contributed by atoms with Crippen LogP contribution in [0.2, 0.25) is 0 Å². The maximum Gasteiger partial charge on any atom is 0.333 e. The standard InChI is InChI=1S/C14H24N4O2/c1-3-12-13(18(19)20)14(17(2)16-12)15-10-6-9-11-7-4-5-8-11/h11,15H,3-10H2,1-2H3. The largest absolute Gasteiger partial charge is 0.365 e. The number of rotatable bonds is 7. The highest BCUT2D eigenvalue weighted by Gasteiger charge is 2.25. The molecule has 0 radical (unpaired) electrons. The minimum atomic E-state index is -0.328. The normalized spacial score (nSPS) is 15.7. The van der Waals surface area contributed by atoms with E-state index in [1.54, 1.807) is 11.7 Å². The fraction of sp³-hybridized carbons (Fsp3) is 0.786. The molecule has 1 fully saturated rings. The summed E-state index contributed by atoms with van der Waals surface area (Å²) in [4.78, 5) is 10.8. The van der Waals surface area contributed by atoms with Crippen molar-refractivity contribution in [3.8, 4) is 0 Å². The van der Waals surface area contributed by atoms with Crippen molar-refractivity contribution in [2.45, 2.75) is 51.9 Å². The van der Waals surface area contributed by atoms with Gasteiger partial charge in [-0.05, 0) is 25.2 Å². The van der Waals surface area contributed by atoms with Gasteiger partial charge in [-0.1, -0.05) is 32.6 Å². The van der Waals surface area contributed by atoms with Gasteiger partial charge in [0.1, 0.15) is 5.69 Å². The summed E-state index contributed by atoms with van der Waals surface area (Å²) in [5.41, 5.74) is 0.687. The van der Waals surface area contributed by atoms with E-state index in [2.05, 4.69) is 10.4 Å². The second-order valence-corrected chi connectivity index (χ2v) is 5.60. The van der Waals surface area contributed by atoms with E-state index in [1.165, 1.54) is 32.1 Å². The molecule has 2 rings (SSSR count). The molecule has 1 heterocycles. The molecule has 1 aliphatic rings. The van der Waals surface area contributed by atoms with E-state index in [1.807, 2.05) is 6.92 Å². The Morgan fingerprint density at radius 1 is 1.45 bits per heavy atom. The highest BCUT2D eigenvalue weighted by Crippen LogP contribution is 2.30. The fourth-order valence-corrected chi connectivity index (χ4v) is 3.09. The Balaban J connectivity index is 1.91. The average Bonchev–Trinajstić information content (AvgIpc) is 3.02. The smallest absolute Gasteiger partial charge is 0.333 e. The second-order valence-electron chi connectivity index (χ2n) is 5.60. The monoisotopic (exact) mass is 280 g/mol. The van der Waals surface area contributed by atoms with Crippen LogP contribution in [0.25, 0.3) is 0 Å². The van der Waals surface area contributed by atoms with E-state index in [-0.39, 0.29) is 10.6 Å². The minimum Gasteiger partial charge on any atom is -0.365 e. The van der Waals surface area contributed by atoms with Crippen LogP contribution in [0.1, 0.15) is 51.1 Å². The summed E-state index contributed by atoms with van der Waals surface area (Å²) >= 11 is 0. The molecule has 1 N–H and O–H groups in total. The third-order valence-electron chi connectivity index (χ3n) is 4.17. The molecule has 0 amide bonds. The first-order valence-electron chi connectivity index (χ1n) is 7.57. The van der Waals surface area contributed by atoms with Gasteiger partial charge in [-0.15, -0.1) is 0 Å². The first-order valence-corrected chi connectivity index (χ1v) is 7.57. The van der Waals surface area contributed by atoms with Crippen LogP contribution in [0.5, 0.6) is 0 Å². The topological polar surface area (TPSA) is 73.0 Å². The van der Waals surface area contributed by atoms with Gasteiger partial charge in [-0.2, -0.15) is 5.10 Å². The van der Waals surface area contributed by atoms with Crippen molar-refractivity contribution in [3.63, 3.8) is 0 Å². The SMILES string of the molecule is CCc1nn(C)c(NCCCC2CCCC2)c1[N+](=O)[O-]. The molecule has 112 valence electrons. The Morgan fingerprint density at radius 3 is 2.75 bits per heavy atom. The lowest BCUT2D eigenvalue weighted by Gasteiger charge is -2.09. The molecule has 6 heteroatoms. The third kappa shape index (κ3) is 3.29. The molecular formula is C14H24N4O2. The van der Waals surface area contributed by atoms with Crippen molar-refractivity contribution < 1.29 is 4.92 Å². The summed E-state index contributed by atoms with van der Waals surface area (Å²) in [7, 11) is 1.76. The van der Waals surface area contributed by atoms with Crippen LogP contribution >= 0.6 is 0 Å². The molecule has 6 nitrogen and oxygen atoms in total. The Kier molecular flexibility index (Phi) is 4.98. The second kappa shape index (κ2) is 6.72. The van der Waals surface area contributed by atoms with Gasteiger partial charge in [-0.25, -0.2) is 4.68 Å². The third-order valence-corrected chi connectivity index (χ3v) is 4.17. The van der Waals surface area contributed by atoms with E-state index < -0.39 is 0 Å². The summed E-state index contributed by atoms with van der Waals surface area (Å²) in [6.07, 6.45) is 8.30. The number of nitrogens with zero attached hydrogens (tertiary/aromatic N) is 3. The zero-order valence-electron chi connectivity index (χ0n) is 12.4. The quantitative estimate of drug-likeness (QED) is 0.472. The molecule has 0 atom stereocenters. The van der Waals surface area contributed by atoms with Crippen molar-refractivity contribution in [2.24, 2.45) is 13.0 Å². The van der Waals surface area contributed by atoms with Gasteiger partial charge in [-0.3, -0.25) is 10.1 Å². The molecular weight excluding hydrogens is 256 g/mol. The first kappa shape index (κ1) is 14.8. The molecule has 0 spiro atoms. The molecule has 1 aliphatic carbocycles. The molecule has 1 aromatic heterocycles. The number of aryl methyl sites for hydroxylation is 2. The maximum atomic E-state index is 11.2. The molecule has 1 saturated carbocycles. The van der Waals surface area contributed by atoms with Gasteiger partial charge >= 0.3 is 5.69 Å². The van der Waals surface area contributed by atoms with Crippen molar-refractivity contribution in [1.29, 1.82) is 0 Å². The van der Waals surface area contributed by atoms with Crippen molar-refractivity contribution >= 4 is 11.5 Å². The van der Waals surface area contributed by atoms with Crippen molar-refractivity contribution in [2.75, 3.05) is 11.9 Å². The number of hydrogen-bond acceptors (Lipinski definition) is 4. The number of nitrogens with one attached hydrogen (secondary N) is 1. The lowest BCUT2D eigenvalue weighted by molar-refractivity contribution is -0.384. The minimum absolute atomic E-state index is 0.135. The van der Waals surface area contributed by atoms with Crippen LogP contribution in [0.3, 0.4) is 0 Å². The molecule has 1 aromatic rings. The Hall–Kier alpha value is -1.59. The molecule has 0 unspecified atom stereocenters. The van der Waals surface area contributed by atoms with Gasteiger partial charge in [0.15, 0.2) is 0 Å². The summed E-state index contributed by atoms with van der Waals surface area (Å²) in [5, 5.41) is 18.6. The molecule has 0 aliphatic heterocycles. The molecule has 0 saturated heterocycles. The average molecular weight is 280 g/mol. The van der Waals surface area contributed by atoms with Gasteiger partial charge in [0, 0.05) is 13.6 Å². The van der Waals surface area contributed by atoms with Gasteiger partial charge < -0.3 is 5.32 Å². The van der Waals surface area contributed by atoms with Gasteiger partial charge in [0.25, 0.3) is 0 Å². The van der Waals surface area contributed by atoms with E-state index >= 15 is 0 Å². The van der Waals surface area contributed by atoms with Crippen LogP contribution in [-0.4, -0.2) is 21.2 Å². The number of anilines is 1. The fourth-order valence-electron chi connectivity index (χ4n) is 3.09. The highest BCUT2D eigenvalue weighted by molar-refractivity contribution is 5.59. The zero-order valence-corrected chi connectivity index (χ0v) is 12.4. The van der Waals surface area contributed by atoms with Crippen LogP contribution in [-0.2, 0) is 13.5 Å². The summed E-state index contributed by atoms with van der Waals surface area (Å²) < 4.78 is 1.59. The summed E-state index contributed by atoms with van der Waals surface area (Å²) in [5.74, 6) is 1.41. The maximum absolute atomic E-state index is 11.2. The van der Waals surface area contributed by atoms with Crippen LogP contribution in [0.4, 0.5) is 11.5 Å². The van der Waals surface area contributed by atoms with Crippen LogP contribution in [0, 0.1) is 16.0 Å². The summed E-state index contributed by atoms with van der Waals surface area (Å²) in [6, 6.07) is 0. The van der Waals surface area contributed by atoms with E-state index in [4.69, 9.17) is 0 Å². The Labute approximate surface area is 119 Å². The zero-order chi connectivity index (χ0) is 14.5. The lowest BCUT2D eigenvalue weighted by Crippen LogP contribution is -2.09. The van der Waals surface area contributed by atoms with Gasteiger partial charge in [0.2, 0.25) is 5.82 Å². The number of nitro groups is 1. The summed E-state index contributed by atoms with van der Waals surface area (Å²) in [6.45, 7) is 2.67. The molecule has 20 heavy (non-hydrogen) atoms.